The highest BCUT2D eigenvalue weighted by molar-refractivity contribution is 5.83. The zero-order valence-corrected chi connectivity index (χ0v) is 11.0. The van der Waals surface area contributed by atoms with Gasteiger partial charge < -0.3 is 15.3 Å². The molecule has 1 rings (SSSR count). The molecule has 1 aliphatic rings. The third-order valence-corrected chi connectivity index (χ3v) is 3.09. The van der Waals surface area contributed by atoms with Crippen molar-refractivity contribution in [2.75, 3.05) is 13.1 Å². The monoisotopic (exact) mass is 242 g/mol. The van der Waals surface area contributed by atoms with E-state index < -0.39 is 17.4 Å². The van der Waals surface area contributed by atoms with E-state index >= 15 is 0 Å². The Bertz CT molecular complexity index is 309. The van der Waals surface area contributed by atoms with Crippen molar-refractivity contribution in [1.29, 1.82) is 0 Å². The summed E-state index contributed by atoms with van der Waals surface area (Å²) in [5.74, 6) is -0.489. The third kappa shape index (κ3) is 3.61. The van der Waals surface area contributed by atoms with Crippen LogP contribution in [0.5, 0.6) is 0 Å². The fraction of sp³-hybridized carbons (Fsp3) is 0.833. The molecule has 1 saturated heterocycles. The molecule has 98 valence electrons. The normalized spacial score (nSPS) is 22.4. The van der Waals surface area contributed by atoms with Gasteiger partial charge in [-0.1, -0.05) is 27.7 Å². The number of carbonyl (C=O) groups excluding carboxylic acids is 1. The number of hydrogen-bond donors (Lipinski definition) is 2. The number of hydrogen-bond acceptors (Lipinski definition) is 2. The highest BCUT2D eigenvalue weighted by Crippen LogP contribution is 2.21. The lowest BCUT2D eigenvalue weighted by Gasteiger charge is -2.29. The van der Waals surface area contributed by atoms with Crippen LogP contribution in [0.15, 0.2) is 0 Å². The molecule has 17 heavy (non-hydrogen) atoms. The average molecular weight is 242 g/mol. The Morgan fingerprint density at radius 1 is 1.41 bits per heavy atom. The first kappa shape index (κ1) is 13.8. The topological polar surface area (TPSA) is 69.6 Å². The SMILES string of the molecule is CC1CCN(C(=O)N[C@H](C(=O)O)C(C)(C)C)C1. The quantitative estimate of drug-likeness (QED) is 0.771. The molecule has 0 spiro atoms. The molecule has 5 nitrogen and oxygen atoms in total. The molecule has 0 aromatic heterocycles. The second-order valence-corrected chi connectivity index (χ2v) is 5.93. The maximum atomic E-state index is 11.9. The van der Waals surface area contributed by atoms with Crippen molar-refractivity contribution in [3.8, 4) is 0 Å². The van der Waals surface area contributed by atoms with Crippen LogP contribution < -0.4 is 5.32 Å². The molecule has 2 amide bonds. The standard InChI is InChI=1S/C12H22N2O3/c1-8-5-6-14(7-8)11(17)13-9(10(15)16)12(2,3)4/h8-9H,5-7H2,1-4H3,(H,13,17)(H,15,16)/t8?,9-/m1/s1. The van der Waals surface area contributed by atoms with Crippen molar-refractivity contribution in [2.45, 2.75) is 40.2 Å². The minimum absolute atomic E-state index is 0.267. The van der Waals surface area contributed by atoms with E-state index in [-0.39, 0.29) is 6.03 Å². The van der Waals surface area contributed by atoms with Crippen molar-refractivity contribution in [3.63, 3.8) is 0 Å². The van der Waals surface area contributed by atoms with Crippen LogP contribution in [-0.4, -0.2) is 41.1 Å². The largest absolute Gasteiger partial charge is 0.480 e. The number of likely N-dealkylation sites (tertiary alicyclic amines) is 1. The lowest BCUT2D eigenvalue weighted by molar-refractivity contribution is -0.142. The molecule has 0 saturated carbocycles. The van der Waals surface area contributed by atoms with Gasteiger partial charge in [-0.25, -0.2) is 9.59 Å². The van der Waals surface area contributed by atoms with Gasteiger partial charge in [-0.15, -0.1) is 0 Å². The summed E-state index contributed by atoms with van der Waals surface area (Å²) in [6, 6.07) is -1.12. The molecule has 5 heteroatoms. The van der Waals surface area contributed by atoms with E-state index in [4.69, 9.17) is 5.11 Å². The summed E-state index contributed by atoms with van der Waals surface area (Å²) >= 11 is 0. The molecule has 0 aliphatic carbocycles. The van der Waals surface area contributed by atoms with Gasteiger partial charge in [0.2, 0.25) is 0 Å². The van der Waals surface area contributed by atoms with Crippen molar-refractivity contribution in [3.05, 3.63) is 0 Å². The Morgan fingerprint density at radius 3 is 2.35 bits per heavy atom. The van der Waals surface area contributed by atoms with Gasteiger partial charge in [0.05, 0.1) is 0 Å². The predicted molar refractivity (Wildman–Crippen MR) is 64.8 cm³/mol. The molecule has 1 heterocycles. The second-order valence-electron chi connectivity index (χ2n) is 5.93. The molecule has 1 unspecified atom stereocenters. The van der Waals surface area contributed by atoms with Crippen molar-refractivity contribution in [1.82, 2.24) is 10.2 Å². The summed E-state index contributed by atoms with van der Waals surface area (Å²) in [7, 11) is 0. The lowest BCUT2D eigenvalue weighted by Crippen LogP contribution is -2.52. The Labute approximate surface area is 102 Å². The predicted octanol–water partition coefficient (Wildman–Crippen LogP) is 1.54. The number of urea groups is 1. The maximum absolute atomic E-state index is 11.9. The molecular formula is C12H22N2O3. The molecule has 0 aromatic carbocycles. The van der Waals surface area contributed by atoms with Crippen molar-refractivity contribution < 1.29 is 14.7 Å². The van der Waals surface area contributed by atoms with Crippen LogP contribution in [0.1, 0.15) is 34.1 Å². The van der Waals surface area contributed by atoms with Crippen molar-refractivity contribution >= 4 is 12.0 Å². The number of aliphatic carboxylic acids is 1. The smallest absolute Gasteiger partial charge is 0.326 e. The second kappa shape index (κ2) is 4.94. The minimum atomic E-state index is -0.988. The first-order valence-electron chi connectivity index (χ1n) is 6.00. The van der Waals surface area contributed by atoms with Gasteiger partial charge in [-0.2, -0.15) is 0 Å². The van der Waals surface area contributed by atoms with E-state index in [9.17, 15) is 9.59 Å². The van der Waals surface area contributed by atoms with Crippen LogP contribution in [0, 0.1) is 11.3 Å². The summed E-state index contributed by atoms with van der Waals surface area (Å²) in [6.45, 7) is 8.92. The number of carboxylic acid groups (broad SMARTS) is 1. The van der Waals surface area contributed by atoms with E-state index in [0.717, 1.165) is 6.42 Å². The van der Waals surface area contributed by atoms with E-state index in [0.29, 0.717) is 19.0 Å². The van der Waals surface area contributed by atoms with E-state index in [2.05, 4.69) is 12.2 Å². The zero-order valence-electron chi connectivity index (χ0n) is 11.0. The number of nitrogens with one attached hydrogen (secondary N) is 1. The van der Waals surface area contributed by atoms with Crippen LogP contribution >= 0.6 is 0 Å². The highest BCUT2D eigenvalue weighted by atomic mass is 16.4. The zero-order chi connectivity index (χ0) is 13.2. The Kier molecular flexibility index (Phi) is 4.01. The van der Waals surface area contributed by atoms with Gasteiger partial charge in [0, 0.05) is 13.1 Å². The minimum Gasteiger partial charge on any atom is -0.480 e. The summed E-state index contributed by atoms with van der Waals surface area (Å²) < 4.78 is 0. The van der Waals surface area contributed by atoms with Gasteiger partial charge in [0.1, 0.15) is 6.04 Å². The van der Waals surface area contributed by atoms with E-state index in [1.807, 2.05) is 0 Å². The third-order valence-electron chi connectivity index (χ3n) is 3.09. The molecule has 0 aromatic rings. The van der Waals surface area contributed by atoms with Crippen LogP contribution in [0.4, 0.5) is 4.79 Å². The van der Waals surface area contributed by atoms with E-state index in [1.54, 1.807) is 25.7 Å². The van der Waals surface area contributed by atoms with Crippen LogP contribution in [0.3, 0.4) is 0 Å². The molecule has 2 atom stereocenters. The summed E-state index contributed by atoms with van der Waals surface area (Å²) in [5.41, 5.74) is -0.493. The van der Waals surface area contributed by atoms with Gasteiger partial charge >= 0.3 is 12.0 Å². The van der Waals surface area contributed by atoms with Gasteiger partial charge in [0.15, 0.2) is 0 Å². The summed E-state index contributed by atoms with van der Waals surface area (Å²) in [6.07, 6.45) is 0.987. The molecule has 1 fully saturated rings. The Morgan fingerprint density at radius 2 is 2.00 bits per heavy atom. The fourth-order valence-electron chi connectivity index (χ4n) is 1.98. The maximum Gasteiger partial charge on any atom is 0.326 e. The van der Waals surface area contributed by atoms with Crippen LogP contribution in [0.2, 0.25) is 0 Å². The number of amides is 2. The molecule has 2 N–H and O–H groups in total. The fourth-order valence-corrected chi connectivity index (χ4v) is 1.98. The lowest BCUT2D eigenvalue weighted by atomic mass is 9.87. The van der Waals surface area contributed by atoms with Gasteiger partial charge in [-0.3, -0.25) is 0 Å². The van der Waals surface area contributed by atoms with Crippen LogP contribution in [-0.2, 0) is 4.79 Å². The molecule has 0 bridgehead atoms. The van der Waals surface area contributed by atoms with E-state index in [1.165, 1.54) is 0 Å². The number of nitrogens with zero attached hydrogens (tertiary/aromatic N) is 1. The summed E-state index contributed by atoms with van der Waals surface area (Å²) in [5, 5.41) is 11.7. The first-order chi connectivity index (χ1) is 7.71. The van der Waals surface area contributed by atoms with Crippen molar-refractivity contribution in [2.24, 2.45) is 11.3 Å². The van der Waals surface area contributed by atoms with Crippen LogP contribution in [0.25, 0.3) is 0 Å². The Hall–Kier alpha value is -1.26. The van der Waals surface area contributed by atoms with Gasteiger partial charge in [-0.05, 0) is 17.8 Å². The molecule has 1 aliphatic heterocycles. The molecule has 0 radical (unpaired) electrons. The van der Waals surface area contributed by atoms with Gasteiger partial charge in [0.25, 0.3) is 0 Å². The first-order valence-corrected chi connectivity index (χ1v) is 6.00. The number of carboxylic acids is 1. The molecular weight excluding hydrogens is 220 g/mol. The summed E-state index contributed by atoms with van der Waals surface area (Å²) in [4.78, 5) is 24.7. The highest BCUT2D eigenvalue weighted by Gasteiger charge is 2.34. The Balaban J connectivity index is 2.62. The number of carbonyl (C=O) groups is 2. The number of rotatable bonds is 2. The average Bonchev–Trinajstić information content (AvgIpc) is 2.58.